The van der Waals surface area contributed by atoms with Gasteiger partial charge in [0.05, 0.1) is 0 Å². The fraction of sp³-hybridized carbons (Fsp3) is 0. The van der Waals surface area contributed by atoms with E-state index in [1.54, 1.807) is 0 Å². The van der Waals surface area contributed by atoms with E-state index >= 15 is 0 Å². The fourth-order valence-corrected chi connectivity index (χ4v) is 8.55. The Morgan fingerprint density at radius 1 is 0.364 bits per heavy atom. The summed E-state index contributed by atoms with van der Waals surface area (Å²) in [5.41, 5.74) is 6.83. The summed E-state index contributed by atoms with van der Waals surface area (Å²) < 4.78 is 9.16. The van der Waals surface area contributed by atoms with E-state index in [-0.39, 0.29) is 0 Å². The van der Waals surface area contributed by atoms with E-state index in [4.69, 9.17) is 4.42 Å². The predicted octanol–water partition coefficient (Wildman–Crippen LogP) is 12.7. The van der Waals surface area contributed by atoms with Gasteiger partial charge >= 0.3 is 0 Å². The Morgan fingerprint density at radius 2 is 0.909 bits per heavy atom. The summed E-state index contributed by atoms with van der Waals surface area (Å²) in [7, 11) is 0. The molecule has 10 rings (SSSR count). The summed E-state index contributed by atoms with van der Waals surface area (Å²) >= 11 is 1.88. The number of hydrogen-bond acceptors (Lipinski definition) is 2. The zero-order valence-electron chi connectivity index (χ0n) is 23.7. The second-order valence-corrected chi connectivity index (χ2v) is 12.7. The Morgan fingerprint density at radius 3 is 1.64 bits per heavy atom. The minimum absolute atomic E-state index is 0.923. The minimum atomic E-state index is 0.923. The molecule has 1 nitrogen and oxygen atoms in total. The summed E-state index contributed by atoms with van der Waals surface area (Å²) in [6.45, 7) is 0. The first-order valence-electron chi connectivity index (χ1n) is 15.0. The molecule has 2 heteroatoms. The Bertz CT molecular complexity index is 2720. The lowest BCUT2D eigenvalue weighted by Crippen LogP contribution is -1.92. The molecule has 0 bridgehead atoms. The van der Waals surface area contributed by atoms with Gasteiger partial charge in [0.25, 0.3) is 0 Å². The Kier molecular flexibility index (Phi) is 4.94. The van der Waals surface area contributed by atoms with Crippen molar-refractivity contribution in [3.63, 3.8) is 0 Å². The van der Waals surface area contributed by atoms with Crippen LogP contribution in [-0.2, 0) is 0 Å². The van der Waals surface area contributed by atoms with E-state index in [0.29, 0.717) is 0 Å². The van der Waals surface area contributed by atoms with Crippen molar-refractivity contribution in [1.29, 1.82) is 0 Å². The van der Waals surface area contributed by atoms with Crippen LogP contribution in [0.25, 0.3) is 96.7 Å². The van der Waals surface area contributed by atoms with Crippen LogP contribution in [0, 0.1) is 0 Å². The van der Waals surface area contributed by atoms with Crippen LogP contribution in [0.5, 0.6) is 0 Å². The number of rotatable bonds is 2. The smallest absolute Gasteiger partial charge is 0.136 e. The molecule has 0 atom stereocenters. The third-order valence-corrected chi connectivity index (χ3v) is 10.4. The van der Waals surface area contributed by atoms with Crippen molar-refractivity contribution in [3.05, 3.63) is 146 Å². The monoisotopic (exact) mass is 576 g/mol. The SMILES string of the molecule is c1ccc2c(c1)oc1cc(-c3c4ccccc4c(-c4ccc5c(c4)sc4ccccc45)c4ccccc34)c3ccccc3c12. The number of benzene rings is 8. The minimum Gasteiger partial charge on any atom is -0.456 e. The van der Waals surface area contributed by atoms with Crippen molar-refractivity contribution in [2.75, 3.05) is 0 Å². The zero-order valence-corrected chi connectivity index (χ0v) is 24.5. The maximum absolute atomic E-state index is 6.51. The van der Waals surface area contributed by atoms with Crippen molar-refractivity contribution < 1.29 is 4.42 Å². The number of thiophene rings is 1. The molecule has 0 aliphatic carbocycles. The summed E-state index contributed by atoms with van der Waals surface area (Å²) in [6, 6.07) is 53.0. The van der Waals surface area contributed by atoms with Crippen molar-refractivity contribution in [3.8, 4) is 22.3 Å². The molecule has 204 valence electrons. The van der Waals surface area contributed by atoms with E-state index < -0.39 is 0 Å². The maximum atomic E-state index is 6.51. The first-order valence-corrected chi connectivity index (χ1v) is 15.8. The van der Waals surface area contributed by atoms with Gasteiger partial charge in [-0.1, -0.05) is 121 Å². The molecule has 0 radical (unpaired) electrons. The van der Waals surface area contributed by atoms with Crippen LogP contribution in [0.2, 0.25) is 0 Å². The molecule has 0 spiro atoms. The summed E-state index contributed by atoms with van der Waals surface area (Å²) in [6.07, 6.45) is 0. The molecule has 2 heterocycles. The fourth-order valence-electron chi connectivity index (χ4n) is 7.41. The van der Waals surface area contributed by atoms with Gasteiger partial charge in [-0.15, -0.1) is 11.3 Å². The molecule has 10 aromatic rings. The highest BCUT2D eigenvalue weighted by Gasteiger charge is 2.21. The van der Waals surface area contributed by atoms with Gasteiger partial charge < -0.3 is 4.42 Å². The lowest BCUT2D eigenvalue weighted by molar-refractivity contribution is 0.669. The van der Waals surface area contributed by atoms with Gasteiger partial charge in [0.15, 0.2) is 0 Å². The van der Waals surface area contributed by atoms with Gasteiger partial charge in [-0.3, -0.25) is 0 Å². The Labute approximate surface area is 257 Å². The van der Waals surface area contributed by atoms with E-state index in [1.807, 2.05) is 17.4 Å². The van der Waals surface area contributed by atoms with Crippen LogP contribution in [0.1, 0.15) is 0 Å². The second-order valence-electron chi connectivity index (χ2n) is 11.6. The highest BCUT2D eigenvalue weighted by atomic mass is 32.1. The standard InChI is InChI=1S/C42H24OS/c1-2-13-29-26(11-1)35(24-37-42(29)34-18-7-9-19-36(34)43-37)41-32-16-5-3-14-30(32)40(31-15-4-6-17-33(31)41)25-21-22-28-27-12-8-10-20-38(27)44-39(28)23-25/h1-24H. The lowest BCUT2D eigenvalue weighted by atomic mass is 9.84. The van der Waals surface area contributed by atoms with Gasteiger partial charge in [-0.25, -0.2) is 0 Å². The first-order chi connectivity index (χ1) is 21.8. The summed E-state index contributed by atoms with van der Waals surface area (Å²) in [5, 5.41) is 12.5. The quantitative estimate of drug-likeness (QED) is 0.187. The van der Waals surface area contributed by atoms with Crippen molar-refractivity contribution in [2.24, 2.45) is 0 Å². The molecular formula is C42H24OS. The average Bonchev–Trinajstić information content (AvgIpc) is 3.65. The van der Waals surface area contributed by atoms with Crippen LogP contribution in [-0.4, -0.2) is 0 Å². The number of furan rings is 1. The zero-order chi connectivity index (χ0) is 28.8. The number of fused-ring (bicyclic) bond motifs is 10. The van der Waals surface area contributed by atoms with E-state index in [1.165, 1.54) is 80.1 Å². The largest absolute Gasteiger partial charge is 0.456 e. The third kappa shape index (κ3) is 3.29. The van der Waals surface area contributed by atoms with Gasteiger partial charge in [0, 0.05) is 30.9 Å². The molecule has 2 aromatic heterocycles. The van der Waals surface area contributed by atoms with Crippen molar-refractivity contribution >= 4 is 85.8 Å². The van der Waals surface area contributed by atoms with Crippen molar-refractivity contribution in [2.45, 2.75) is 0 Å². The van der Waals surface area contributed by atoms with E-state index in [0.717, 1.165) is 16.6 Å². The summed E-state index contributed by atoms with van der Waals surface area (Å²) in [5.74, 6) is 0. The molecule has 0 N–H and O–H groups in total. The maximum Gasteiger partial charge on any atom is 0.136 e. The summed E-state index contributed by atoms with van der Waals surface area (Å²) in [4.78, 5) is 0. The number of hydrogen-bond donors (Lipinski definition) is 0. The van der Waals surface area contributed by atoms with Crippen LogP contribution in [0.15, 0.2) is 150 Å². The normalized spacial score (nSPS) is 12.1. The highest BCUT2D eigenvalue weighted by molar-refractivity contribution is 7.25. The molecular weight excluding hydrogens is 553 g/mol. The highest BCUT2D eigenvalue weighted by Crippen LogP contribution is 2.48. The average molecular weight is 577 g/mol. The third-order valence-electron chi connectivity index (χ3n) is 9.25. The first kappa shape index (κ1) is 24.0. The molecule has 0 saturated heterocycles. The molecule has 44 heavy (non-hydrogen) atoms. The van der Waals surface area contributed by atoms with Gasteiger partial charge in [0.1, 0.15) is 11.2 Å². The van der Waals surface area contributed by atoms with Gasteiger partial charge in [-0.05, 0) is 78.8 Å². The molecule has 0 amide bonds. The molecule has 0 unspecified atom stereocenters. The molecule has 8 aromatic carbocycles. The van der Waals surface area contributed by atoms with Crippen molar-refractivity contribution in [1.82, 2.24) is 0 Å². The number of para-hydroxylation sites is 1. The van der Waals surface area contributed by atoms with Gasteiger partial charge in [-0.2, -0.15) is 0 Å². The lowest BCUT2D eigenvalue weighted by Gasteiger charge is -2.19. The van der Waals surface area contributed by atoms with E-state index in [2.05, 4.69) is 140 Å². The molecule has 0 fully saturated rings. The van der Waals surface area contributed by atoms with Crippen LogP contribution in [0.3, 0.4) is 0 Å². The topological polar surface area (TPSA) is 13.1 Å². The Balaban J connectivity index is 1.34. The van der Waals surface area contributed by atoms with Crippen LogP contribution < -0.4 is 0 Å². The molecule has 0 aliphatic rings. The second kappa shape index (κ2) is 9.03. The van der Waals surface area contributed by atoms with Gasteiger partial charge in [0.2, 0.25) is 0 Å². The van der Waals surface area contributed by atoms with Crippen LogP contribution >= 0.6 is 11.3 Å². The van der Waals surface area contributed by atoms with Crippen LogP contribution in [0.4, 0.5) is 0 Å². The molecule has 0 aliphatic heterocycles. The molecule has 0 saturated carbocycles. The van der Waals surface area contributed by atoms with E-state index in [9.17, 15) is 0 Å². The predicted molar refractivity (Wildman–Crippen MR) is 190 cm³/mol. The Hall–Kier alpha value is -5.44.